The molecule has 0 saturated heterocycles. The number of hydrogen-bond acceptors (Lipinski definition) is 5. The van der Waals surface area contributed by atoms with E-state index < -0.39 is 11.6 Å². The zero-order chi connectivity index (χ0) is 17.4. The van der Waals surface area contributed by atoms with E-state index in [4.69, 9.17) is 5.73 Å². The van der Waals surface area contributed by atoms with Gasteiger partial charge in [0.1, 0.15) is 11.5 Å². The highest BCUT2D eigenvalue weighted by atomic mass is 19.2. The number of aromatic amines is 1. The molecule has 0 atom stereocenters. The summed E-state index contributed by atoms with van der Waals surface area (Å²) in [4.78, 5) is 7.92. The number of H-pyrrole nitrogens is 1. The van der Waals surface area contributed by atoms with Crippen LogP contribution < -0.4 is 11.1 Å². The number of nitrogens with one attached hydrogen (secondary N) is 2. The molecule has 4 N–H and O–H groups in total. The molecular weight excluding hydrogens is 326 g/mol. The molecule has 25 heavy (non-hydrogen) atoms. The molecule has 0 fully saturated rings. The van der Waals surface area contributed by atoms with Crippen LogP contribution in [0.15, 0.2) is 48.7 Å². The lowest BCUT2D eigenvalue weighted by atomic mass is 10.1. The van der Waals surface area contributed by atoms with Crippen LogP contribution in [0.1, 0.15) is 0 Å². The molecule has 0 aliphatic carbocycles. The number of benzene rings is 2. The second kappa shape index (κ2) is 5.82. The largest absolute Gasteiger partial charge is 0.368 e. The van der Waals surface area contributed by atoms with Gasteiger partial charge in [0, 0.05) is 22.8 Å². The summed E-state index contributed by atoms with van der Waals surface area (Å²) in [6, 6.07) is 10.9. The fourth-order valence-electron chi connectivity index (χ4n) is 2.55. The van der Waals surface area contributed by atoms with E-state index in [2.05, 4.69) is 25.5 Å². The topological polar surface area (TPSA) is 92.5 Å². The van der Waals surface area contributed by atoms with Gasteiger partial charge in [-0.1, -0.05) is 0 Å². The Morgan fingerprint density at radius 2 is 1.88 bits per heavy atom. The van der Waals surface area contributed by atoms with Gasteiger partial charge in [-0.2, -0.15) is 10.1 Å². The standard InChI is InChI=1S/C17H12F2N6/c18-12-3-1-9(7-13(12)19)16-11-8-10(2-4-14(11)24-25-16)22-15-5-6-21-17(20)23-15/h1-8H,(H,24,25)(H3,20,21,22,23). The molecular formula is C17H12F2N6. The Morgan fingerprint density at radius 3 is 2.68 bits per heavy atom. The maximum atomic E-state index is 13.5. The van der Waals surface area contributed by atoms with Gasteiger partial charge < -0.3 is 11.1 Å². The van der Waals surface area contributed by atoms with Crippen LogP contribution in [-0.2, 0) is 0 Å². The second-order valence-electron chi connectivity index (χ2n) is 5.39. The smallest absolute Gasteiger partial charge is 0.221 e. The molecule has 0 radical (unpaired) electrons. The van der Waals surface area contributed by atoms with Crippen molar-refractivity contribution in [1.82, 2.24) is 20.2 Å². The van der Waals surface area contributed by atoms with Crippen molar-refractivity contribution in [2.45, 2.75) is 0 Å². The minimum Gasteiger partial charge on any atom is -0.368 e. The fraction of sp³-hybridized carbons (Fsp3) is 0. The van der Waals surface area contributed by atoms with Crippen molar-refractivity contribution in [3.63, 3.8) is 0 Å². The van der Waals surface area contributed by atoms with Gasteiger partial charge in [-0.3, -0.25) is 5.10 Å². The molecule has 6 nitrogen and oxygen atoms in total. The van der Waals surface area contributed by atoms with Crippen LogP contribution in [0.2, 0.25) is 0 Å². The van der Waals surface area contributed by atoms with E-state index in [1.165, 1.54) is 6.07 Å². The lowest BCUT2D eigenvalue weighted by Crippen LogP contribution is -1.98. The maximum Gasteiger partial charge on any atom is 0.221 e. The lowest BCUT2D eigenvalue weighted by Gasteiger charge is -2.06. The summed E-state index contributed by atoms with van der Waals surface area (Å²) in [6.07, 6.45) is 1.55. The first-order valence-corrected chi connectivity index (χ1v) is 7.39. The van der Waals surface area contributed by atoms with Gasteiger partial charge in [0.05, 0.1) is 5.52 Å². The second-order valence-corrected chi connectivity index (χ2v) is 5.39. The van der Waals surface area contributed by atoms with E-state index in [1.807, 2.05) is 18.2 Å². The quantitative estimate of drug-likeness (QED) is 0.530. The third-order valence-corrected chi connectivity index (χ3v) is 3.70. The van der Waals surface area contributed by atoms with Gasteiger partial charge >= 0.3 is 0 Å². The number of rotatable bonds is 3. The van der Waals surface area contributed by atoms with E-state index >= 15 is 0 Å². The van der Waals surface area contributed by atoms with Crippen molar-refractivity contribution in [3.05, 3.63) is 60.3 Å². The Balaban J connectivity index is 1.76. The van der Waals surface area contributed by atoms with Crippen LogP contribution in [-0.4, -0.2) is 20.2 Å². The van der Waals surface area contributed by atoms with Crippen molar-refractivity contribution in [1.29, 1.82) is 0 Å². The predicted octanol–water partition coefficient (Wildman–Crippen LogP) is 3.62. The van der Waals surface area contributed by atoms with Crippen LogP contribution in [0.25, 0.3) is 22.2 Å². The number of nitrogen functional groups attached to an aromatic ring is 1. The van der Waals surface area contributed by atoms with Crippen molar-refractivity contribution in [2.24, 2.45) is 0 Å². The molecule has 2 aromatic carbocycles. The third-order valence-electron chi connectivity index (χ3n) is 3.70. The highest BCUT2D eigenvalue weighted by Crippen LogP contribution is 2.30. The maximum absolute atomic E-state index is 13.5. The Bertz CT molecular complexity index is 1080. The van der Waals surface area contributed by atoms with Gasteiger partial charge in [-0.05, 0) is 42.5 Å². The van der Waals surface area contributed by atoms with E-state index in [-0.39, 0.29) is 5.95 Å². The fourth-order valence-corrected chi connectivity index (χ4v) is 2.55. The predicted molar refractivity (Wildman–Crippen MR) is 91.2 cm³/mol. The number of nitrogens with zero attached hydrogens (tertiary/aromatic N) is 3. The number of halogens is 2. The number of fused-ring (bicyclic) bond motifs is 1. The summed E-state index contributed by atoms with van der Waals surface area (Å²) in [7, 11) is 0. The number of anilines is 3. The molecule has 4 aromatic rings. The van der Waals surface area contributed by atoms with E-state index in [1.54, 1.807) is 12.3 Å². The van der Waals surface area contributed by atoms with E-state index in [9.17, 15) is 8.78 Å². The minimum atomic E-state index is -0.917. The summed E-state index contributed by atoms with van der Waals surface area (Å²) in [5.41, 5.74) is 8.09. The van der Waals surface area contributed by atoms with Crippen LogP contribution >= 0.6 is 0 Å². The molecule has 0 spiro atoms. The molecule has 4 rings (SSSR count). The highest BCUT2D eigenvalue weighted by Gasteiger charge is 2.12. The monoisotopic (exact) mass is 338 g/mol. The van der Waals surface area contributed by atoms with Gasteiger partial charge in [0.15, 0.2) is 11.6 Å². The Labute approximate surface area is 140 Å². The van der Waals surface area contributed by atoms with Crippen LogP contribution in [0.5, 0.6) is 0 Å². The SMILES string of the molecule is Nc1nccc(Nc2ccc3[nH]nc(-c4ccc(F)c(F)c4)c3c2)n1. The molecule has 0 amide bonds. The normalized spacial score (nSPS) is 11.0. The van der Waals surface area contributed by atoms with Gasteiger partial charge in [-0.15, -0.1) is 0 Å². The molecule has 0 saturated carbocycles. The molecule has 124 valence electrons. The number of hydrogen-bond donors (Lipinski definition) is 3. The summed E-state index contributed by atoms with van der Waals surface area (Å²) in [5, 5.41) is 11.0. The van der Waals surface area contributed by atoms with Crippen molar-refractivity contribution in [2.75, 3.05) is 11.1 Å². The molecule has 2 aromatic heterocycles. The third kappa shape index (κ3) is 2.85. The first-order valence-electron chi connectivity index (χ1n) is 7.39. The molecule has 2 heterocycles. The molecule has 0 aliphatic rings. The van der Waals surface area contributed by atoms with Crippen LogP contribution in [0.3, 0.4) is 0 Å². The van der Waals surface area contributed by atoms with Gasteiger partial charge in [0.2, 0.25) is 5.95 Å². The van der Waals surface area contributed by atoms with E-state index in [0.717, 1.165) is 28.7 Å². The zero-order valence-electron chi connectivity index (χ0n) is 12.8. The van der Waals surface area contributed by atoms with Gasteiger partial charge in [-0.25, -0.2) is 13.8 Å². The van der Waals surface area contributed by atoms with Crippen molar-refractivity contribution in [3.8, 4) is 11.3 Å². The molecule has 0 unspecified atom stereocenters. The molecule has 0 bridgehead atoms. The minimum absolute atomic E-state index is 0.164. The van der Waals surface area contributed by atoms with Crippen LogP contribution in [0, 0.1) is 11.6 Å². The molecule has 8 heteroatoms. The average Bonchev–Trinajstić information content (AvgIpc) is 3.01. The summed E-state index contributed by atoms with van der Waals surface area (Å²) < 4.78 is 26.7. The van der Waals surface area contributed by atoms with Crippen molar-refractivity contribution >= 4 is 28.4 Å². The number of nitrogens with two attached hydrogens (primary N) is 1. The number of aromatic nitrogens is 4. The summed E-state index contributed by atoms with van der Waals surface area (Å²) in [5.74, 6) is -1.10. The average molecular weight is 338 g/mol. The summed E-state index contributed by atoms with van der Waals surface area (Å²) >= 11 is 0. The first-order chi connectivity index (χ1) is 12.1. The van der Waals surface area contributed by atoms with Gasteiger partial charge in [0.25, 0.3) is 0 Å². The Morgan fingerprint density at radius 1 is 1.00 bits per heavy atom. The summed E-state index contributed by atoms with van der Waals surface area (Å²) in [6.45, 7) is 0. The molecule has 0 aliphatic heterocycles. The Hall–Kier alpha value is -3.55. The van der Waals surface area contributed by atoms with Crippen molar-refractivity contribution < 1.29 is 8.78 Å². The lowest BCUT2D eigenvalue weighted by molar-refractivity contribution is 0.509. The van der Waals surface area contributed by atoms with Crippen LogP contribution in [0.4, 0.5) is 26.2 Å². The highest BCUT2D eigenvalue weighted by molar-refractivity contribution is 5.95. The Kier molecular flexibility index (Phi) is 3.50. The van der Waals surface area contributed by atoms with E-state index in [0.29, 0.717) is 17.1 Å². The first kappa shape index (κ1) is 15.0. The zero-order valence-corrected chi connectivity index (χ0v) is 12.8.